The first-order valence-electron chi connectivity index (χ1n) is 9.20. The van der Waals surface area contributed by atoms with Crippen LogP contribution < -0.4 is 0 Å². The number of nitrogens with zero attached hydrogens (tertiary/aromatic N) is 3. The smallest absolute Gasteiger partial charge is 0.133 e. The summed E-state index contributed by atoms with van der Waals surface area (Å²) >= 11 is 0. The molecule has 0 aromatic carbocycles. The molecule has 1 heterocycles. The molecule has 0 unspecified atom stereocenters. The summed E-state index contributed by atoms with van der Waals surface area (Å²) in [7, 11) is 0. The van der Waals surface area contributed by atoms with Crippen LogP contribution in [0.25, 0.3) is 0 Å². The second-order valence-corrected chi connectivity index (χ2v) is 7.28. The van der Waals surface area contributed by atoms with Gasteiger partial charge in [-0.05, 0) is 32.9 Å². The quantitative estimate of drug-likeness (QED) is 0.663. The number of hydrogen-bond acceptors (Lipinski definition) is 5. The predicted octanol–water partition coefficient (Wildman–Crippen LogP) is 1.41. The minimum Gasteiger partial charge on any atom is -0.302 e. The summed E-state index contributed by atoms with van der Waals surface area (Å²) in [5.41, 5.74) is -0.0210. The molecule has 2 aliphatic rings. The molecule has 5 nitrogen and oxygen atoms in total. The summed E-state index contributed by atoms with van der Waals surface area (Å²) in [6.07, 6.45) is 6.83. The lowest BCUT2D eigenvalue weighted by atomic mass is 9.88. The van der Waals surface area contributed by atoms with Crippen molar-refractivity contribution in [3.8, 4) is 0 Å². The Hall–Kier alpha value is -0.780. The molecule has 0 aromatic heterocycles. The van der Waals surface area contributed by atoms with Crippen molar-refractivity contribution in [2.45, 2.75) is 64.1 Å². The Balaban J connectivity index is 2.35. The Morgan fingerprint density at radius 3 is 1.74 bits per heavy atom. The molecule has 0 spiro atoms. The summed E-state index contributed by atoms with van der Waals surface area (Å²) in [6, 6.07) is 0.817. The zero-order chi connectivity index (χ0) is 16.9. The molecule has 5 heteroatoms. The predicted molar refractivity (Wildman–Crippen MR) is 92.6 cm³/mol. The summed E-state index contributed by atoms with van der Waals surface area (Å²) in [5.74, 6) is 0. The molecule has 0 amide bonds. The van der Waals surface area contributed by atoms with Gasteiger partial charge in [0.1, 0.15) is 12.6 Å². The molecular formula is C18H33N3O2. The van der Waals surface area contributed by atoms with Gasteiger partial charge < -0.3 is 9.59 Å². The van der Waals surface area contributed by atoms with Gasteiger partial charge in [-0.15, -0.1) is 0 Å². The van der Waals surface area contributed by atoms with Gasteiger partial charge in [-0.2, -0.15) is 0 Å². The average Bonchev–Trinajstić information content (AvgIpc) is 2.66. The third-order valence-corrected chi connectivity index (χ3v) is 5.86. The Bertz CT molecular complexity index is 370. The largest absolute Gasteiger partial charge is 0.302 e. The van der Waals surface area contributed by atoms with E-state index >= 15 is 0 Å². The van der Waals surface area contributed by atoms with Crippen molar-refractivity contribution in [2.75, 3.05) is 39.3 Å². The fourth-order valence-electron chi connectivity index (χ4n) is 4.88. The van der Waals surface area contributed by atoms with Crippen LogP contribution >= 0.6 is 0 Å². The molecule has 2 rings (SSSR count). The van der Waals surface area contributed by atoms with Crippen LogP contribution in [0.15, 0.2) is 0 Å². The minimum absolute atomic E-state index is 0.0210. The number of rotatable bonds is 7. The molecule has 0 bridgehead atoms. The van der Waals surface area contributed by atoms with E-state index in [0.29, 0.717) is 25.2 Å². The molecule has 2 atom stereocenters. The lowest BCUT2D eigenvalue weighted by Gasteiger charge is -2.43. The molecule has 0 aromatic rings. The van der Waals surface area contributed by atoms with Crippen LogP contribution in [0, 0.1) is 0 Å². The van der Waals surface area contributed by atoms with Crippen molar-refractivity contribution in [3.05, 3.63) is 0 Å². The van der Waals surface area contributed by atoms with E-state index in [2.05, 4.69) is 35.5 Å². The maximum Gasteiger partial charge on any atom is 0.133 e. The van der Waals surface area contributed by atoms with Gasteiger partial charge in [0.2, 0.25) is 0 Å². The number of fused-ring (bicyclic) bond motifs is 1. The molecule has 1 aliphatic carbocycles. The molecule has 0 N–H and O–H groups in total. The van der Waals surface area contributed by atoms with E-state index in [4.69, 9.17) is 0 Å². The summed E-state index contributed by atoms with van der Waals surface area (Å²) < 4.78 is 0. The van der Waals surface area contributed by atoms with Crippen molar-refractivity contribution < 1.29 is 9.59 Å². The van der Waals surface area contributed by atoms with E-state index in [1.165, 1.54) is 12.8 Å². The zero-order valence-corrected chi connectivity index (χ0v) is 15.0. The first-order chi connectivity index (χ1) is 11.1. The van der Waals surface area contributed by atoms with E-state index in [9.17, 15) is 9.59 Å². The van der Waals surface area contributed by atoms with Crippen LogP contribution in [-0.2, 0) is 9.59 Å². The highest BCUT2D eigenvalue weighted by Gasteiger charge is 2.44. The summed E-state index contributed by atoms with van der Waals surface area (Å²) in [6.45, 7) is 11.5. The lowest BCUT2D eigenvalue weighted by molar-refractivity contribution is -0.111. The zero-order valence-electron chi connectivity index (χ0n) is 15.0. The first kappa shape index (κ1) is 18.6. The van der Waals surface area contributed by atoms with Crippen LogP contribution in [0.5, 0.6) is 0 Å². The summed E-state index contributed by atoms with van der Waals surface area (Å²) in [4.78, 5) is 29.8. The third kappa shape index (κ3) is 4.01. The molecule has 23 heavy (non-hydrogen) atoms. The maximum atomic E-state index is 11.3. The van der Waals surface area contributed by atoms with Gasteiger partial charge in [-0.3, -0.25) is 14.7 Å². The van der Waals surface area contributed by atoms with Gasteiger partial charge >= 0.3 is 0 Å². The highest BCUT2D eigenvalue weighted by atomic mass is 16.1. The number of likely N-dealkylation sites (N-methyl/N-ethyl adjacent to an activating group) is 1. The lowest BCUT2D eigenvalue weighted by Crippen LogP contribution is -2.57. The van der Waals surface area contributed by atoms with Crippen LogP contribution in [0.4, 0.5) is 0 Å². The van der Waals surface area contributed by atoms with Gasteiger partial charge in [0.15, 0.2) is 0 Å². The Kier molecular flexibility index (Phi) is 6.74. The molecular weight excluding hydrogens is 290 g/mol. The fraction of sp³-hybridized carbons (Fsp3) is 0.889. The van der Waals surface area contributed by atoms with Gasteiger partial charge in [0.25, 0.3) is 0 Å². The average molecular weight is 323 g/mol. The van der Waals surface area contributed by atoms with Crippen LogP contribution in [0.2, 0.25) is 0 Å². The molecule has 0 radical (unpaired) electrons. The second-order valence-electron chi connectivity index (χ2n) is 7.28. The monoisotopic (exact) mass is 323 g/mol. The summed E-state index contributed by atoms with van der Waals surface area (Å²) in [5, 5.41) is 0. The van der Waals surface area contributed by atoms with E-state index in [1.807, 2.05) is 0 Å². The van der Waals surface area contributed by atoms with Crippen LogP contribution in [0.1, 0.15) is 46.5 Å². The number of carbonyl (C=O) groups is 2. The highest BCUT2D eigenvalue weighted by molar-refractivity contribution is 5.53. The molecule has 1 aliphatic heterocycles. The molecule has 2 fully saturated rings. The van der Waals surface area contributed by atoms with Crippen LogP contribution in [-0.4, -0.2) is 84.2 Å². The highest BCUT2D eigenvalue weighted by Crippen LogP contribution is 2.33. The molecule has 1 saturated heterocycles. The normalized spacial score (nSPS) is 29.0. The Labute approximate surface area is 141 Å². The van der Waals surface area contributed by atoms with Crippen LogP contribution in [0.3, 0.4) is 0 Å². The SMILES string of the molecule is CCN(CC)C1(C)CN(CC=O)[C@@H]2CCCC[C@H]2N(CC=O)C1. The Morgan fingerprint density at radius 1 is 0.957 bits per heavy atom. The third-order valence-electron chi connectivity index (χ3n) is 5.86. The number of carbonyl (C=O) groups excluding carboxylic acids is 2. The van der Waals surface area contributed by atoms with Crippen molar-refractivity contribution in [2.24, 2.45) is 0 Å². The van der Waals surface area contributed by atoms with Crippen molar-refractivity contribution in [1.82, 2.24) is 14.7 Å². The maximum absolute atomic E-state index is 11.3. The standard InChI is InChI=1S/C18H33N3O2/c1-4-21(5-2)18(3)14-19(10-12-22)16-8-6-7-9-17(16)20(15-18)11-13-23/h12-13,16-17H,4-11,14-15H2,1-3H3/t16-,17-/m1/s1. The second kappa shape index (κ2) is 8.36. The fourth-order valence-corrected chi connectivity index (χ4v) is 4.88. The van der Waals surface area contributed by atoms with E-state index < -0.39 is 0 Å². The topological polar surface area (TPSA) is 43.9 Å². The minimum atomic E-state index is -0.0210. The van der Waals surface area contributed by atoms with E-state index in [1.54, 1.807) is 0 Å². The van der Waals surface area contributed by atoms with E-state index in [0.717, 1.165) is 51.6 Å². The molecule has 132 valence electrons. The van der Waals surface area contributed by atoms with Gasteiger partial charge in [0.05, 0.1) is 13.1 Å². The van der Waals surface area contributed by atoms with Gasteiger partial charge in [0, 0.05) is 30.7 Å². The Morgan fingerprint density at radius 2 is 1.39 bits per heavy atom. The first-order valence-corrected chi connectivity index (χ1v) is 9.20. The molecule has 1 saturated carbocycles. The van der Waals surface area contributed by atoms with E-state index in [-0.39, 0.29) is 5.54 Å². The van der Waals surface area contributed by atoms with Crippen molar-refractivity contribution >= 4 is 12.6 Å². The van der Waals surface area contributed by atoms with Crippen molar-refractivity contribution in [1.29, 1.82) is 0 Å². The van der Waals surface area contributed by atoms with Crippen molar-refractivity contribution in [3.63, 3.8) is 0 Å². The number of hydrogen-bond donors (Lipinski definition) is 0. The van der Waals surface area contributed by atoms with Gasteiger partial charge in [-0.1, -0.05) is 26.7 Å². The number of aldehydes is 2. The van der Waals surface area contributed by atoms with Gasteiger partial charge in [-0.25, -0.2) is 0 Å².